The van der Waals surface area contributed by atoms with Crippen molar-refractivity contribution in [2.75, 3.05) is 6.61 Å². The molecule has 0 unspecified atom stereocenters. The Bertz CT molecular complexity index is 1470. The predicted octanol–water partition coefficient (Wildman–Crippen LogP) is 5.56. The van der Waals surface area contributed by atoms with Crippen molar-refractivity contribution in [1.29, 1.82) is 0 Å². The fourth-order valence-electron chi connectivity index (χ4n) is 4.84. The number of nitrogens with zero attached hydrogens (tertiary/aromatic N) is 2. The molecule has 0 aromatic heterocycles. The van der Waals surface area contributed by atoms with Crippen LogP contribution in [0.5, 0.6) is 28.7 Å². The molecule has 0 saturated heterocycles. The molecule has 7 heteroatoms. The summed E-state index contributed by atoms with van der Waals surface area (Å²) in [4.78, 5) is 13.9. The van der Waals surface area contributed by atoms with Gasteiger partial charge in [-0.05, 0) is 36.4 Å². The summed E-state index contributed by atoms with van der Waals surface area (Å²) in [7, 11) is 0. The molecule has 5 rings (SSSR count). The van der Waals surface area contributed by atoms with Crippen LogP contribution in [-0.2, 0) is 10.3 Å². The molecule has 0 aliphatic carbocycles. The summed E-state index contributed by atoms with van der Waals surface area (Å²) in [5, 5.41) is 26.5. The number of hydrogen-bond acceptors (Lipinski definition) is 6. The lowest BCUT2D eigenvalue weighted by atomic mass is 9.74. The van der Waals surface area contributed by atoms with E-state index in [9.17, 15) is 15.0 Å². The van der Waals surface area contributed by atoms with Crippen LogP contribution in [0.2, 0.25) is 0 Å². The van der Waals surface area contributed by atoms with Crippen molar-refractivity contribution in [2.45, 2.75) is 5.54 Å². The van der Waals surface area contributed by atoms with E-state index in [1.54, 1.807) is 36.6 Å². The number of phenolic OH excluding ortho intramolecular Hbond substituents is 2. The number of hydrogen-bond donors (Lipinski definition) is 2. The van der Waals surface area contributed by atoms with E-state index in [2.05, 4.69) is 19.7 Å². The zero-order valence-corrected chi connectivity index (χ0v) is 19.9. The van der Waals surface area contributed by atoms with E-state index in [1.807, 2.05) is 18.2 Å². The number of para-hydroxylation sites is 1. The molecule has 3 aromatic rings. The van der Waals surface area contributed by atoms with Gasteiger partial charge in [-0.25, -0.2) is 5.01 Å². The molecule has 2 aliphatic heterocycles. The largest absolute Gasteiger partial charge is 0.508 e. The van der Waals surface area contributed by atoms with E-state index >= 15 is 0 Å². The van der Waals surface area contributed by atoms with Gasteiger partial charge in [0.25, 0.3) is 5.91 Å². The van der Waals surface area contributed by atoms with Crippen molar-refractivity contribution in [3.05, 3.63) is 126 Å². The highest BCUT2D eigenvalue weighted by atomic mass is 16.5. The van der Waals surface area contributed by atoms with Crippen molar-refractivity contribution >= 4 is 12.1 Å². The van der Waals surface area contributed by atoms with Gasteiger partial charge in [-0.2, -0.15) is 5.10 Å². The normalized spacial score (nSPS) is 15.4. The Hall–Kier alpha value is -5.04. The standard InChI is InChI=1S/C30H24N2O5/c1-4-15-36-26-10-8-7-9-19(26)18-31-32-29(35)22(5-2)23(6-3)30(32)24-13-11-20(33)16-27(24)37-28-17-21(34)12-14-25(28)30/h4-14,16-18,33-34H,1-3,15H2. The van der Waals surface area contributed by atoms with Crippen molar-refractivity contribution < 1.29 is 24.5 Å². The third kappa shape index (κ3) is 3.60. The van der Waals surface area contributed by atoms with Crippen molar-refractivity contribution in [3.63, 3.8) is 0 Å². The van der Waals surface area contributed by atoms with Gasteiger partial charge in [0.15, 0.2) is 0 Å². The molecule has 1 spiro atoms. The van der Waals surface area contributed by atoms with E-state index < -0.39 is 11.4 Å². The number of aromatic hydroxyl groups is 2. The number of hydrazone groups is 1. The third-order valence-corrected chi connectivity index (χ3v) is 6.35. The van der Waals surface area contributed by atoms with Crippen LogP contribution in [-0.4, -0.2) is 34.0 Å². The molecule has 2 aliphatic rings. The van der Waals surface area contributed by atoms with Crippen LogP contribution in [0.3, 0.4) is 0 Å². The van der Waals surface area contributed by atoms with Crippen molar-refractivity contribution in [2.24, 2.45) is 5.10 Å². The van der Waals surface area contributed by atoms with Gasteiger partial charge in [0.2, 0.25) is 0 Å². The second-order valence-corrected chi connectivity index (χ2v) is 8.41. The van der Waals surface area contributed by atoms with Gasteiger partial charge in [0, 0.05) is 40.0 Å². The summed E-state index contributed by atoms with van der Waals surface area (Å²) in [5.41, 5.74) is 1.35. The maximum absolute atomic E-state index is 13.9. The Morgan fingerprint density at radius 1 is 0.946 bits per heavy atom. The van der Waals surface area contributed by atoms with Crippen LogP contribution in [0.15, 0.2) is 115 Å². The first-order chi connectivity index (χ1) is 17.9. The van der Waals surface area contributed by atoms with E-state index in [4.69, 9.17) is 14.6 Å². The fraction of sp³-hybridized carbons (Fsp3) is 0.0667. The van der Waals surface area contributed by atoms with Gasteiger partial charge in [-0.3, -0.25) is 4.79 Å². The molecule has 0 saturated carbocycles. The number of ether oxygens (including phenoxy) is 2. The summed E-state index contributed by atoms with van der Waals surface area (Å²) in [6.07, 6.45) is 6.28. The van der Waals surface area contributed by atoms with E-state index in [0.717, 1.165) is 0 Å². The zero-order valence-electron chi connectivity index (χ0n) is 19.9. The summed E-state index contributed by atoms with van der Waals surface area (Å²) >= 11 is 0. The van der Waals surface area contributed by atoms with Crippen LogP contribution in [0, 0.1) is 0 Å². The first-order valence-electron chi connectivity index (χ1n) is 11.5. The molecule has 0 bridgehead atoms. The van der Waals surface area contributed by atoms with E-state index in [1.165, 1.54) is 35.4 Å². The molecule has 0 fully saturated rings. The minimum absolute atomic E-state index is 0.0155. The van der Waals surface area contributed by atoms with Crippen LogP contribution >= 0.6 is 0 Å². The molecule has 0 atom stereocenters. The molecule has 0 radical (unpaired) electrons. The minimum Gasteiger partial charge on any atom is -0.508 e. The number of benzene rings is 3. The number of carbonyl (C=O) groups excluding carboxylic acids is 1. The second-order valence-electron chi connectivity index (χ2n) is 8.41. The van der Waals surface area contributed by atoms with Gasteiger partial charge in [0.1, 0.15) is 40.9 Å². The average molecular weight is 493 g/mol. The molecule has 3 aromatic carbocycles. The Kier molecular flexibility index (Phi) is 5.89. The highest BCUT2D eigenvalue weighted by molar-refractivity contribution is 6.04. The van der Waals surface area contributed by atoms with Crippen LogP contribution in [0.1, 0.15) is 16.7 Å². The quantitative estimate of drug-likeness (QED) is 0.333. The molecule has 1 amide bonds. The molecule has 37 heavy (non-hydrogen) atoms. The van der Waals surface area contributed by atoms with Crippen molar-refractivity contribution in [3.8, 4) is 28.7 Å². The predicted molar refractivity (Wildman–Crippen MR) is 141 cm³/mol. The fourth-order valence-corrected chi connectivity index (χ4v) is 4.84. The SMILES string of the molecule is C=CCOc1ccccc1C=NN1C(=O)C(C=C)=C(C=C)C12c1ccc(O)cc1Oc1cc(O)ccc12. The Balaban J connectivity index is 1.79. The smallest absolute Gasteiger partial charge is 0.275 e. The highest BCUT2D eigenvalue weighted by Gasteiger charge is 2.57. The first kappa shape index (κ1) is 23.7. The zero-order chi connectivity index (χ0) is 26.2. The maximum Gasteiger partial charge on any atom is 0.275 e. The molecule has 7 nitrogen and oxygen atoms in total. The number of carbonyl (C=O) groups is 1. The Labute approximate surface area is 214 Å². The van der Waals surface area contributed by atoms with Gasteiger partial charge in [0.05, 0.1) is 6.21 Å². The summed E-state index contributed by atoms with van der Waals surface area (Å²) in [6, 6.07) is 16.7. The second kappa shape index (κ2) is 9.20. The Morgan fingerprint density at radius 3 is 2.19 bits per heavy atom. The number of amides is 1. The van der Waals surface area contributed by atoms with Crippen LogP contribution in [0.4, 0.5) is 0 Å². The lowest BCUT2D eigenvalue weighted by molar-refractivity contribution is -0.128. The first-order valence-corrected chi connectivity index (χ1v) is 11.5. The van der Waals surface area contributed by atoms with Gasteiger partial charge < -0.3 is 19.7 Å². The average Bonchev–Trinajstić information content (AvgIpc) is 3.13. The monoisotopic (exact) mass is 492 g/mol. The lowest BCUT2D eigenvalue weighted by Gasteiger charge is -2.42. The molecule has 184 valence electrons. The van der Waals surface area contributed by atoms with Gasteiger partial charge in [-0.1, -0.05) is 50.1 Å². The molecular formula is C30H24N2O5. The lowest BCUT2D eigenvalue weighted by Crippen LogP contribution is -2.45. The summed E-state index contributed by atoms with van der Waals surface area (Å²) in [5.74, 6) is 0.772. The third-order valence-electron chi connectivity index (χ3n) is 6.35. The summed E-state index contributed by atoms with van der Waals surface area (Å²) in [6.45, 7) is 11.9. The molecular weight excluding hydrogens is 468 g/mol. The van der Waals surface area contributed by atoms with E-state index in [-0.39, 0.29) is 11.5 Å². The van der Waals surface area contributed by atoms with Gasteiger partial charge >= 0.3 is 0 Å². The van der Waals surface area contributed by atoms with Gasteiger partial charge in [-0.15, -0.1) is 0 Å². The maximum atomic E-state index is 13.9. The number of rotatable bonds is 7. The topological polar surface area (TPSA) is 91.6 Å². The molecule has 2 N–H and O–H groups in total. The van der Waals surface area contributed by atoms with Crippen LogP contribution in [0.25, 0.3) is 0 Å². The highest BCUT2D eigenvalue weighted by Crippen LogP contribution is 2.58. The number of phenols is 2. The summed E-state index contributed by atoms with van der Waals surface area (Å²) < 4.78 is 11.8. The Morgan fingerprint density at radius 2 is 1.59 bits per heavy atom. The van der Waals surface area contributed by atoms with Crippen molar-refractivity contribution in [1.82, 2.24) is 5.01 Å². The van der Waals surface area contributed by atoms with Crippen LogP contribution < -0.4 is 9.47 Å². The molecule has 2 heterocycles. The number of fused-ring (bicyclic) bond motifs is 4. The van der Waals surface area contributed by atoms with E-state index in [0.29, 0.717) is 51.7 Å². The minimum atomic E-state index is -1.31.